The summed E-state index contributed by atoms with van der Waals surface area (Å²) < 4.78 is 17.2. The van der Waals surface area contributed by atoms with Gasteiger partial charge >= 0.3 is 0 Å². The molecular formula is C31H35N3O5. The van der Waals surface area contributed by atoms with Gasteiger partial charge in [0.05, 0.1) is 33.1 Å². The fourth-order valence-electron chi connectivity index (χ4n) is 5.81. The predicted octanol–water partition coefficient (Wildman–Crippen LogP) is 4.19. The topological polar surface area (TPSA) is 80.3 Å². The Morgan fingerprint density at radius 2 is 1.56 bits per heavy atom. The average molecular weight is 530 g/mol. The highest BCUT2D eigenvalue weighted by Crippen LogP contribution is 2.50. The van der Waals surface area contributed by atoms with Crippen LogP contribution in [0.4, 0.5) is 11.4 Å². The minimum atomic E-state index is -0.325. The number of carbonyl (C=O) groups is 1. The number of piperazine rings is 1. The number of carbonyl (C=O) groups excluding carboxylic acids is 1. The Kier molecular flexibility index (Phi) is 7.63. The lowest BCUT2D eigenvalue weighted by Gasteiger charge is -2.36. The van der Waals surface area contributed by atoms with Crippen LogP contribution < -0.4 is 34.8 Å². The molecule has 8 nitrogen and oxygen atoms in total. The molecule has 1 aliphatic heterocycles. The van der Waals surface area contributed by atoms with Gasteiger partial charge in [-0.3, -0.25) is 9.59 Å². The van der Waals surface area contributed by atoms with E-state index in [2.05, 4.69) is 27.2 Å². The van der Waals surface area contributed by atoms with Gasteiger partial charge in [-0.05, 0) is 59.9 Å². The van der Waals surface area contributed by atoms with E-state index in [1.54, 1.807) is 27.4 Å². The van der Waals surface area contributed by atoms with E-state index in [1.807, 2.05) is 36.4 Å². The van der Waals surface area contributed by atoms with Crippen molar-refractivity contribution in [3.8, 4) is 28.4 Å². The second-order valence-corrected chi connectivity index (χ2v) is 9.88. The summed E-state index contributed by atoms with van der Waals surface area (Å²) in [6, 6.07) is 17.6. The number of aryl methyl sites for hydroxylation is 1. The molecule has 0 bridgehead atoms. The molecule has 3 aromatic carbocycles. The molecular weight excluding hydrogens is 494 g/mol. The summed E-state index contributed by atoms with van der Waals surface area (Å²) in [5.41, 5.74) is 5.25. The Hall–Kier alpha value is -4.20. The van der Waals surface area contributed by atoms with Crippen LogP contribution in [0.1, 0.15) is 30.5 Å². The molecule has 5 rings (SSSR count). The number of ether oxygens (including phenoxy) is 3. The third kappa shape index (κ3) is 5.11. The van der Waals surface area contributed by atoms with Crippen molar-refractivity contribution in [1.29, 1.82) is 0 Å². The molecule has 0 saturated carbocycles. The first kappa shape index (κ1) is 26.4. The van der Waals surface area contributed by atoms with Crippen molar-refractivity contribution in [2.24, 2.45) is 0 Å². The van der Waals surface area contributed by atoms with Crippen molar-refractivity contribution in [3.63, 3.8) is 0 Å². The van der Waals surface area contributed by atoms with Crippen molar-refractivity contribution in [3.05, 3.63) is 75.9 Å². The van der Waals surface area contributed by atoms with Crippen LogP contribution >= 0.6 is 0 Å². The lowest BCUT2D eigenvalue weighted by molar-refractivity contribution is -0.119. The molecule has 0 spiro atoms. The molecule has 1 fully saturated rings. The van der Waals surface area contributed by atoms with Crippen LogP contribution in [0.2, 0.25) is 0 Å². The number of para-hydroxylation sites is 1. The van der Waals surface area contributed by atoms with Gasteiger partial charge in [0.1, 0.15) is 0 Å². The fraction of sp³-hybridized carbons (Fsp3) is 0.355. The van der Waals surface area contributed by atoms with Crippen LogP contribution in [-0.4, -0.2) is 53.4 Å². The first-order valence-electron chi connectivity index (χ1n) is 13.3. The van der Waals surface area contributed by atoms with Crippen molar-refractivity contribution < 1.29 is 19.0 Å². The molecule has 8 heteroatoms. The highest BCUT2D eigenvalue weighted by atomic mass is 16.5. The molecule has 0 aromatic heterocycles. The number of nitrogens with zero attached hydrogens (tertiary/aromatic N) is 2. The van der Waals surface area contributed by atoms with E-state index in [0.717, 1.165) is 48.4 Å². The van der Waals surface area contributed by atoms with Gasteiger partial charge in [0.25, 0.3) is 0 Å². The molecule has 0 radical (unpaired) electrons. The van der Waals surface area contributed by atoms with Crippen LogP contribution in [0.5, 0.6) is 17.2 Å². The number of nitrogens with one attached hydrogen (secondary N) is 1. The van der Waals surface area contributed by atoms with Crippen molar-refractivity contribution >= 4 is 17.3 Å². The molecule has 1 atom stereocenters. The van der Waals surface area contributed by atoms with Gasteiger partial charge in [-0.25, -0.2) is 0 Å². The predicted molar refractivity (Wildman–Crippen MR) is 154 cm³/mol. The van der Waals surface area contributed by atoms with Gasteiger partial charge in [-0.1, -0.05) is 24.3 Å². The fourth-order valence-corrected chi connectivity index (χ4v) is 5.81. The van der Waals surface area contributed by atoms with E-state index >= 15 is 0 Å². The standard InChI is InChI=1S/C31H35N3O5/c1-20(35)32-25-12-10-21-18-28(37-2)30(38-3)31(39-4)29(21)23-11-13-26(27(36)19-24(23)25)34-16-14-33(15-17-34)22-8-6-5-7-9-22/h5-9,11,13,18-19,25H,10,12,14-17H2,1-4H3,(H,32,35). The monoisotopic (exact) mass is 529 g/mol. The number of fused-ring (bicyclic) bond motifs is 3. The third-order valence-corrected chi connectivity index (χ3v) is 7.64. The first-order valence-corrected chi connectivity index (χ1v) is 13.3. The smallest absolute Gasteiger partial charge is 0.217 e. The Balaban J connectivity index is 1.61. The van der Waals surface area contributed by atoms with Crippen molar-refractivity contribution in [1.82, 2.24) is 5.32 Å². The maximum Gasteiger partial charge on any atom is 0.217 e. The van der Waals surface area contributed by atoms with Gasteiger partial charge in [-0.2, -0.15) is 0 Å². The summed E-state index contributed by atoms with van der Waals surface area (Å²) in [6.45, 7) is 4.62. The molecule has 1 aliphatic carbocycles. The molecule has 1 saturated heterocycles. The van der Waals surface area contributed by atoms with E-state index in [0.29, 0.717) is 35.8 Å². The zero-order valence-electron chi connectivity index (χ0n) is 23.0. The summed E-state index contributed by atoms with van der Waals surface area (Å²) in [7, 11) is 4.79. The number of benzene rings is 2. The number of amides is 1. The maximum absolute atomic E-state index is 13.7. The number of hydrogen-bond acceptors (Lipinski definition) is 7. The van der Waals surface area contributed by atoms with E-state index in [1.165, 1.54) is 12.6 Å². The average Bonchev–Trinajstić information content (AvgIpc) is 3.21. The van der Waals surface area contributed by atoms with E-state index in [9.17, 15) is 9.59 Å². The molecule has 1 amide bonds. The van der Waals surface area contributed by atoms with Crippen LogP contribution in [0.3, 0.4) is 0 Å². The molecule has 3 aromatic rings. The zero-order valence-corrected chi connectivity index (χ0v) is 23.0. The van der Waals surface area contributed by atoms with Crippen molar-refractivity contribution in [2.75, 3.05) is 57.3 Å². The number of rotatable bonds is 6. The largest absolute Gasteiger partial charge is 0.493 e. The zero-order chi connectivity index (χ0) is 27.5. The SMILES string of the molecule is COc1cc2c(c(OC)c1OC)-c1ccc(N3CCN(c4ccccc4)CC3)c(=O)cc1C(NC(C)=O)CC2. The summed E-state index contributed by atoms with van der Waals surface area (Å²) in [6.07, 6.45) is 1.30. The third-order valence-electron chi connectivity index (χ3n) is 7.64. The minimum absolute atomic E-state index is 0.0670. The number of hydrogen-bond donors (Lipinski definition) is 1. The van der Waals surface area contributed by atoms with Gasteiger partial charge < -0.3 is 29.3 Å². The van der Waals surface area contributed by atoms with Gasteiger partial charge in [0.2, 0.25) is 17.1 Å². The Bertz CT molecular complexity index is 1420. The summed E-state index contributed by atoms with van der Waals surface area (Å²) in [5.74, 6) is 1.48. The van der Waals surface area contributed by atoms with E-state index in [4.69, 9.17) is 14.2 Å². The second-order valence-electron chi connectivity index (χ2n) is 9.88. The molecule has 39 heavy (non-hydrogen) atoms. The summed E-state index contributed by atoms with van der Waals surface area (Å²) in [4.78, 5) is 30.4. The van der Waals surface area contributed by atoms with Crippen LogP contribution in [0.15, 0.2) is 59.4 Å². The molecule has 1 heterocycles. The summed E-state index contributed by atoms with van der Waals surface area (Å²) >= 11 is 0. The van der Waals surface area contributed by atoms with Gasteiger partial charge in [0.15, 0.2) is 11.5 Å². The van der Waals surface area contributed by atoms with E-state index in [-0.39, 0.29) is 17.4 Å². The molecule has 204 valence electrons. The van der Waals surface area contributed by atoms with Crippen LogP contribution in [-0.2, 0) is 11.2 Å². The van der Waals surface area contributed by atoms with E-state index < -0.39 is 0 Å². The first-order chi connectivity index (χ1) is 18.9. The van der Waals surface area contributed by atoms with Crippen molar-refractivity contribution in [2.45, 2.75) is 25.8 Å². The van der Waals surface area contributed by atoms with Crippen LogP contribution in [0.25, 0.3) is 11.1 Å². The number of anilines is 2. The second kappa shape index (κ2) is 11.3. The molecule has 1 unspecified atom stereocenters. The molecule has 1 N–H and O–H groups in total. The Labute approximate surface area is 229 Å². The summed E-state index contributed by atoms with van der Waals surface area (Å²) in [5, 5.41) is 3.07. The maximum atomic E-state index is 13.7. The highest BCUT2D eigenvalue weighted by Gasteiger charge is 2.30. The van der Waals surface area contributed by atoms with Crippen LogP contribution in [0, 0.1) is 0 Å². The van der Waals surface area contributed by atoms with Gasteiger partial charge in [0, 0.05) is 44.4 Å². The Morgan fingerprint density at radius 1 is 0.872 bits per heavy atom. The quantitative estimate of drug-likeness (QED) is 0.513. The lowest BCUT2D eigenvalue weighted by Crippen LogP contribution is -2.47. The normalized spacial score (nSPS) is 16.5. The Morgan fingerprint density at radius 3 is 2.21 bits per heavy atom. The lowest BCUT2D eigenvalue weighted by atomic mass is 9.95. The highest BCUT2D eigenvalue weighted by molar-refractivity contribution is 5.83. The molecule has 2 aliphatic rings. The minimum Gasteiger partial charge on any atom is -0.493 e. The number of methoxy groups -OCH3 is 3. The van der Waals surface area contributed by atoms with Gasteiger partial charge in [-0.15, -0.1) is 0 Å².